The van der Waals surface area contributed by atoms with Gasteiger partial charge in [-0.15, -0.1) is 0 Å². The summed E-state index contributed by atoms with van der Waals surface area (Å²) in [5, 5.41) is 0. The zero-order valence-electron chi connectivity index (χ0n) is 11.6. The van der Waals surface area contributed by atoms with Gasteiger partial charge in [-0.1, -0.05) is 0 Å². The van der Waals surface area contributed by atoms with E-state index in [-0.39, 0.29) is 0 Å². The number of H-pyrrole nitrogens is 1. The van der Waals surface area contributed by atoms with Gasteiger partial charge >= 0.3 is 0 Å². The number of rotatable bonds is 2. The van der Waals surface area contributed by atoms with Crippen LogP contribution in [0.3, 0.4) is 0 Å². The van der Waals surface area contributed by atoms with Gasteiger partial charge in [0.25, 0.3) is 0 Å². The summed E-state index contributed by atoms with van der Waals surface area (Å²) in [4.78, 5) is 9.83. The van der Waals surface area contributed by atoms with Crippen LogP contribution in [-0.4, -0.2) is 60.8 Å². The van der Waals surface area contributed by atoms with Crippen molar-refractivity contribution < 1.29 is 8.42 Å². The molecule has 1 aromatic heterocycles. The minimum Gasteiger partial charge on any atom is -0.342 e. The molecule has 0 aliphatic carbocycles. The molecule has 0 unspecified atom stereocenters. The van der Waals surface area contributed by atoms with Crippen LogP contribution in [0.15, 0.2) is 23.1 Å². The molecule has 0 amide bonds. The largest absolute Gasteiger partial charge is 0.342 e. The third-order valence-electron chi connectivity index (χ3n) is 3.67. The van der Waals surface area contributed by atoms with Gasteiger partial charge in [0.15, 0.2) is 0 Å². The Hall–Kier alpha value is -1.44. The van der Waals surface area contributed by atoms with E-state index in [1.54, 1.807) is 22.5 Å². The number of piperazine rings is 1. The van der Waals surface area contributed by atoms with E-state index in [1.807, 2.05) is 14.0 Å². The minimum absolute atomic E-state index is 0.332. The summed E-state index contributed by atoms with van der Waals surface area (Å²) in [5.41, 5.74) is 1.55. The monoisotopic (exact) mass is 294 g/mol. The fraction of sp³-hybridized carbons (Fsp3) is 0.462. The van der Waals surface area contributed by atoms with Crippen molar-refractivity contribution in [3.05, 3.63) is 24.0 Å². The highest BCUT2D eigenvalue weighted by molar-refractivity contribution is 7.89. The van der Waals surface area contributed by atoms with E-state index in [1.165, 1.54) is 0 Å². The normalized spacial score (nSPS) is 18.7. The van der Waals surface area contributed by atoms with Crippen LogP contribution >= 0.6 is 0 Å². The number of imidazole rings is 1. The lowest BCUT2D eigenvalue weighted by molar-refractivity contribution is 0.222. The molecule has 20 heavy (non-hydrogen) atoms. The molecule has 1 N–H and O–H groups in total. The average molecular weight is 294 g/mol. The Morgan fingerprint density at radius 1 is 1.20 bits per heavy atom. The van der Waals surface area contributed by atoms with E-state index in [0.29, 0.717) is 18.0 Å². The highest BCUT2D eigenvalue weighted by Gasteiger charge is 2.27. The van der Waals surface area contributed by atoms with Gasteiger partial charge in [-0.05, 0) is 32.2 Å². The van der Waals surface area contributed by atoms with Crippen molar-refractivity contribution in [1.29, 1.82) is 0 Å². The molecule has 0 radical (unpaired) electrons. The van der Waals surface area contributed by atoms with Crippen molar-refractivity contribution in [2.24, 2.45) is 0 Å². The van der Waals surface area contributed by atoms with Crippen molar-refractivity contribution in [1.82, 2.24) is 19.2 Å². The predicted molar refractivity (Wildman–Crippen MR) is 77.1 cm³/mol. The van der Waals surface area contributed by atoms with E-state index < -0.39 is 10.0 Å². The van der Waals surface area contributed by atoms with Gasteiger partial charge in [-0.3, -0.25) is 0 Å². The molecular weight excluding hydrogens is 276 g/mol. The van der Waals surface area contributed by atoms with Gasteiger partial charge in [0.1, 0.15) is 5.82 Å². The summed E-state index contributed by atoms with van der Waals surface area (Å²) in [6, 6.07) is 5.06. The summed E-state index contributed by atoms with van der Waals surface area (Å²) in [6.07, 6.45) is 0. The van der Waals surface area contributed by atoms with E-state index in [0.717, 1.165) is 29.9 Å². The number of nitrogens with zero attached hydrogens (tertiary/aromatic N) is 3. The summed E-state index contributed by atoms with van der Waals surface area (Å²) in [7, 11) is -1.41. The Labute approximate surface area is 118 Å². The fourth-order valence-corrected chi connectivity index (χ4v) is 3.90. The summed E-state index contributed by atoms with van der Waals surface area (Å²) < 4.78 is 26.8. The van der Waals surface area contributed by atoms with Gasteiger partial charge in [0, 0.05) is 26.2 Å². The minimum atomic E-state index is -3.41. The van der Waals surface area contributed by atoms with Crippen molar-refractivity contribution >= 4 is 21.1 Å². The summed E-state index contributed by atoms with van der Waals surface area (Å²) in [5.74, 6) is 0.786. The molecule has 108 valence electrons. The lowest BCUT2D eigenvalue weighted by Gasteiger charge is -2.31. The first kappa shape index (κ1) is 13.5. The van der Waals surface area contributed by atoms with E-state index >= 15 is 0 Å². The van der Waals surface area contributed by atoms with Gasteiger partial charge in [0.05, 0.1) is 15.9 Å². The van der Waals surface area contributed by atoms with Gasteiger partial charge in [-0.2, -0.15) is 4.31 Å². The molecule has 7 heteroatoms. The summed E-state index contributed by atoms with van der Waals surface area (Å²) in [6.45, 7) is 4.47. The van der Waals surface area contributed by atoms with Crippen LogP contribution in [0.2, 0.25) is 0 Å². The second-order valence-corrected chi connectivity index (χ2v) is 7.15. The Kier molecular flexibility index (Phi) is 3.27. The number of aryl methyl sites for hydroxylation is 1. The molecule has 1 aliphatic heterocycles. The second kappa shape index (κ2) is 4.83. The zero-order valence-corrected chi connectivity index (χ0v) is 12.4. The maximum absolute atomic E-state index is 12.6. The first-order valence-corrected chi connectivity index (χ1v) is 8.06. The first-order chi connectivity index (χ1) is 9.46. The number of benzene rings is 1. The Bertz CT molecular complexity index is 730. The maximum atomic E-state index is 12.6. The standard InChI is InChI=1S/C13H18N4O2S/c1-10-14-12-4-3-11(9-13(12)15-10)20(18,19)17-7-5-16(2)6-8-17/h3-4,9H,5-8H2,1-2H3,(H,14,15). The molecule has 6 nitrogen and oxygen atoms in total. The van der Waals surface area contributed by atoms with Crippen molar-refractivity contribution in [2.75, 3.05) is 33.2 Å². The number of likely N-dealkylation sites (N-methyl/N-ethyl adjacent to an activating group) is 1. The molecule has 1 aromatic carbocycles. The topological polar surface area (TPSA) is 69.3 Å². The molecule has 2 heterocycles. The SMILES string of the molecule is Cc1nc2ccc(S(=O)(=O)N3CCN(C)CC3)cc2[nH]1. The van der Waals surface area contributed by atoms with Gasteiger partial charge < -0.3 is 9.88 Å². The number of aromatic amines is 1. The van der Waals surface area contributed by atoms with E-state index in [9.17, 15) is 8.42 Å². The number of sulfonamides is 1. The number of fused-ring (bicyclic) bond motifs is 1. The average Bonchev–Trinajstić information content (AvgIpc) is 2.78. The van der Waals surface area contributed by atoms with Crippen LogP contribution < -0.4 is 0 Å². The first-order valence-electron chi connectivity index (χ1n) is 6.62. The molecule has 0 atom stereocenters. The summed E-state index contributed by atoms with van der Waals surface area (Å²) >= 11 is 0. The molecule has 1 aliphatic rings. The third kappa shape index (κ3) is 2.32. The van der Waals surface area contributed by atoms with Crippen LogP contribution in [0.25, 0.3) is 11.0 Å². The number of hydrogen-bond acceptors (Lipinski definition) is 4. The van der Waals surface area contributed by atoms with Crippen LogP contribution in [-0.2, 0) is 10.0 Å². The molecule has 1 fully saturated rings. The van der Waals surface area contributed by atoms with Gasteiger partial charge in [-0.25, -0.2) is 13.4 Å². The lowest BCUT2D eigenvalue weighted by Crippen LogP contribution is -2.46. The highest BCUT2D eigenvalue weighted by atomic mass is 32.2. The van der Waals surface area contributed by atoms with Crippen molar-refractivity contribution in [3.8, 4) is 0 Å². The van der Waals surface area contributed by atoms with E-state index in [2.05, 4.69) is 14.9 Å². The van der Waals surface area contributed by atoms with Crippen LogP contribution in [0, 0.1) is 6.92 Å². The van der Waals surface area contributed by atoms with E-state index in [4.69, 9.17) is 0 Å². The predicted octanol–water partition coefficient (Wildman–Crippen LogP) is 0.807. The molecule has 3 rings (SSSR count). The Morgan fingerprint density at radius 2 is 1.90 bits per heavy atom. The second-order valence-electron chi connectivity index (χ2n) is 5.21. The smallest absolute Gasteiger partial charge is 0.243 e. The maximum Gasteiger partial charge on any atom is 0.243 e. The third-order valence-corrected chi connectivity index (χ3v) is 5.57. The number of aromatic nitrogens is 2. The molecule has 0 spiro atoms. The molecule has 0 bridgehead atoms. The van der Waals surface area contributed by atoms with Crippen molar-refractivity contribution in [3.63, 3.8) is 0 Å². The molecule has 2 aromatic rings. The van der Waals surface area contributed by atoms with Crippen LogP contribution in [0.4, 0.5) is 0 Å². The van der Waals surface area contributed by atoms with Gasteiger partial charge in [0.2, 0.25) is 10.0 Å². The quantitative estimate of drug-likeness (QED) is 0.890. The van der Waals surface area contributed by atoms with Crippen LogP contribution in [0.1, 0.15) is 5.82 Å². The number of nitrogens with one attached hydrogen (secondary N) is 1. The molecule has 1 saturated heterocycles. The molecule has 0 saturated carbocycles. The lowest BCUT2D eigenvalue weighted by atomic mass is 10.3. The Balaban J connectivity index is 1.96. The molecular formula is C13H18N4O2S. The van der Waals surface area contributed by atoms with Crippen LogP contribution in [0.5, 0.6) is 0 Å². The Morgan fingerprint density at radius 3 is 2.60 bits per heavy atom. The highest BCUT2D eigenvalue weighted by Crippen LogP contribution is 2.21. The fourth-order valence-electron chi connectivity index (χ4n) is 2.45. The van der Waals surface area contributed by atoms with Crippen molar-refractivity contribution in [2.45, 2.75) is 11.8 Å². The number of hydrogen-bond donors (Lipinski definition) is 1. The zero-order chi connectivity index (χ0) is 14.3.